The second-order valence-corrected chi connectivity index (χ2v) is 6.98. The van der Waals surface area contributed by atoms with Crippen molar-refractivity contribution in [2.75, 3.05) is 0 Å². The summed E-state index contributed by atoms with van der Waals surface area (Å²) in [6.45, 7) is 4.12. The molecule has 0 saturated heterocycles. The third kappa shape index (κ3) is 2.46. The van der Waals surface area contributed by atoms with Gasteiger partial charge in [-0.25, -0.2) is 4.79 Å². The predicted molar refractivity (Wildman–Crippen MR) is 75.7 cm³/mol. The molecule has 106 valence electrons. The van der Waals surface area contributed by atoms with Crippen molar-refractivity contribution in [3.8, 4) is 0 Å². The Morgan fingerprint density at radius 1 is 1.11 bits per heavy atom. The Kier molecular flexibility index (Phi) is 3.44. The molecule has 4 saturated carbocycles. The first-order valence-electron chi connectivity index (χ1n) is 8.06. The molecule has 0 aromatic heterocycles. The molecule has 0 amide bonds. The summed E-state index contributed by atoms with van der Waals surface area (Å²) >= 11 is 0. The Balaban J connectivity index is 1.72. The predicted octanol–water partition coefficient (Wildman–Crippen LogP) is 4.24. The van der Waals surface area contributed by atoms with Crippen molar-refractivity contribution in [2.45, 2.75) is 70.8 Å². The molecule has 0 heterocycles. The minimum Gasteiger partial charge on any atom is -0.456 e. The second-order valence-electron chi connectivity index (χ2n) is 6.98. The van der Waals surface area contributed by atoms with Gasteiger partial charge in [0.25, 0.3) is 0 Å². The highest BCUT2D eigenvalue weighted by Gasteiger charge is 2.53. The molecular weight excluding hydrogens is 236 g/mol. The molecule has 0 aromatic rings. The number of hydrogen-bond donors (Lipinski definition) is 0. The van der Waals surface area contributed by atoms with Crippen molar-refractivity contribution >= 4 is 5.97 Å². The van der Waals surface area contributed by atoms with Crippen LogP contribution in [0.25, 0.3) is 0 Å². The molecule has 4 rings (SSSR count). The lowest BCUT2D eigenvalue weighted by Gasteiger charge is -2.55. The number of esters is 1. The number of carbonyl (C=O) groups excluding carboxylic acids is 1. The lowest BCUT2D eigenvalue weighted by atomic mass is 9.54. The fourth-order valence-corrected chi connectivity index (χ4v) is 5.04. The molecule has 0 aromatic carbocycles. The first-order valence-corrected chi connectivity index (χ1v) is 8.06. The molecule has 0 spiro atoms. The molecule has 2 nitrogen and oxygen atoms in total. The van der Waals surface area contributed by atoms with E-state index in [0.717, 1.165) is 55.4 Å². The van der Waals surface area contributed by atoms with Gasteiger partial charge in [-0.15, -0.1) is 0 Å². The Hall–Kier alpha value is -0.790. The first-order chi connectivity index (χ1) is 9.14. The zero-order chi connectivity index (χ0) is 13.5. The first kappa shape index (κ1) is 13.2. The summed E-state index contributed by atoms with van der Waals surface area (Å²) in [5.74, 6) is 2.46. The molecule has 4 aliphatic rings. The fourth-order valence-electron chi connectivity index (χ4n) is 5.04. The van der Waals surface area contributed by atoms with Gasteiger partial charge in [-0.05, 0) is 69.1 Å². The van der Waals surface area contributed by atoms with Gasteiger partial charge in [0, 0.05) is 5.57 Å². The van der Waals surface area contributed by atoms with Gasteiger partial charge in [0.05, 0.1) is 0 Å². The Labute approximate surface area is 116 Å². The summed E-state index contributed by atoms with van der Waals surface area (Å²) < 4.78 is 6.05. The van der Waals surface area contributed by atoms with E-state index in [-0.39, 0.29) is 11.6 Å². The highest BCUT2D eigenvalue weighted by Crippen LogP contribution is 2.57. The Morgan fingerprint density at radius 2 is 1.63 bits per heavy atom. The smallest absolute Gasteiger partial charge is 0.334 e. The maximum absolute atomic E-state index is 12.4. The maximum atomic E-state index is 12.4. The van der Waals surface area contributed by atoms with E-state index >= 15 is 0 Å². The van der Waals surface area contributed by atoms with Crippen molar-refractivity contribution in [3.05, 3.63) is 11.6 Å². The fraction of sp³-hybridized carbons (Fsp3) is 0.824. The van der Waals surface area contributed by atoms with Crippen LogP contribution in [0, 0.1) is 17.8 Å². The van der Waals surface area contributed by atoms with E-state index in [1.165, 1.54) is 19.3 Å². The van der Waals surface area contributed by atoms with E-state index in [1.807, 2.05) is 13.0 Å². The summed E-state index contributed by atoms with van der Waals surface area (Å²) in [7, 11) is 0. The molecule has 19 heavy (non-hydrogen) atoms. The standard InChI is InChI=1S/C17H26O2/c1-3-5-15(4-2)16(18)19-17-9-12-6-13(10-17)8-14(7-12)11-17/h5,12-14H,3-4,6-11H2,1-2H3. The van der Waals surface area contributed by atoms with Crippen LogP contribution in [-0.2, 0) is 9.53 Å². The van der Waals surface area contributed by atoms with E-state index in [2.05, 4.69) is 6.92 Å². The summed E-state index contributed by atoms with van der Waals surface area (Å²) in [5, 5.41) is 0. The highest BCUT2D eigenvalue weighted by atomic mass is 16.6. The van der Waals surface area contributed by atoms with Crippen LogP contribution in [0.3, 0.4) is 0 Å². The average Bonchev–Trinajstić information content (AvgIpc) is 2.33. The Morgan fingerprint density at radius 3 is 2.05 bits per heavy atom. The minimum absolute atomic E-state index is 0.0358. The highest BCUT2D eigenvalue weighted by molar-refractivity contribution is 5.88. The quantitative estimate of drug-likeness (QED) is 0.559. The summed E-state index contributed by atoms with van der Waals surface area (Å²) in [5.41, 5.74) is 0.784. The van der Waals surface area contributed by atoms with Crippen LogP contribution in [-0.4, -0.2) is 11.6 Å². The summed E-state index contributed by atoms with van der Waals surface area (Å²) in [6.07, 6.45) is 11.3. The normalized spacial score (nSPS) is 40.5. The maximum Gasteiger partial charge on any atom is 0.334 e. The number of hydrogen-bond acceptors (Lipinski definition) is 2. The molecule has 0 aliphatic heterocycles. The second kappa shape index (κ2) is 4.96. The zero-order valence-corrected chi connectivity index (χ0v) is 12.3. The third-order valence-electron chi connectivity index (χ3n) is 5.38. The van der Waals surface area contributed by atoms with Crippen LogP contribution >= 0.6 is 0 Å². The van der Waals surface area contributed by atoms with Crippen LogP contribution in [0.15, 0.2) is 11.6 Å². The lowest BCUT2D eigenvalue weighted by Crippen LogP contribution is -2.52. The molecule has 0 unspecified atom stereocenters. The van der Waals surface area contributed by atoms with Gasteiger partial charge in [0.15, 0.2) is 0 Å². The van der Waals surface area contributed by atoms with E-state index in [1.54, 1.807) is 0 Å². The molecule has 4 aliphatic carbocycles. The molecule has 0 radical (unpaired) electrons. The average molecular weight is 262 g/mol. The van der Waals surface area contributed by atoms with E-state index in [4.69, 9.17) is 4.74 Å². The van der Waals surface area contributed by atoms with Crippen molar-refractivity contribution < 1.29 is 9.53 Å². The lowest BCUT2D eigenvalue weighted by molar-refractivity contribution is -0.182. The summed E-state index contributed by atoms with van der Waals surface area (Å²) in [6, 6.07) is 0. The van der Waals surface area contributed by atoms with E-state index < -0.39 is 0 Å². The monoisotopic (exact) mass is 262 g/mol. The summed E-state index contributed by atoms with van der Waals surface area (Å²) in [4.78, 5) is 12.4. The van der Waals surface area contributed by atoms with Crippen LogP contribution in [0.5, 0.6) is 0 Å². The van der Waals surface area contributed by atoms with E-state index in [0.29, 0.717) is 0 Å². The van der Waals surface area contributed by atoms with Crippen molar-refractivity contribution in [2.24, 2.45) is 17.8 Å². The van der Waals surface area contributed by atoms with Crippen LogP contribution in [0.1, 0.15) is 65.2 Å². The van der Waals surface area contributed by atoms with E-state index in [9.17, 15) is 4.79 Å². The zero-order valence-electron chi connectivity index (χ0n) is 12.3. The van der Waals surface area contributed by atoms with Gasteiger partial charge < -0.3 is 4.74 Å². The van der Waals surface area contributed by atoms with Gasteiger partial charge in [0.2, 0.25) is 0 Å². The molecule has 4 bridgehead atoms. The van der Waals surface area contributed by atoms with Gasteiger partial charge in [-0.2, -0.15) is 0 Å². The number of carbonyl (C=O) groups is 1. The van der Waals surface area contributed by atoms with Crippen molar-refractivity contribution in [1.82, 2.24) is 0 Å². The van der Waals surface area contributed by atoms with Crippen LogP contribution in [0.2, 0.25) is 0 Å². The van der Waals surface area contributed by atoms with Gasteiger partial charge in [-0.1, -0.05) is 19.9 Å². The van der Waals surface area contributed by atoms with Gasteiger partial charge in [-0.3, -0.25) is 0 Å². The minimum atomic E-state index is -0.0894. The number of ether oxygens (including phenoxy) is 1. The van der Waals surface area contributed by atoms with Gasteiger partial charge >= 0.3 is 5.97 Å². The SMILES string of the molecule is CCC=C(CC)C(=O)OC12CC3CC(CC(C3)C1)C2. The van der Waals surface area contributed by atoms with Crippen LogP contribution < -0.4 is 0 Å². The molecular formula is C17H26O2. The van der Waals surface area contributed by atoms with Crippen LogP contribution in [0.4, 0.5) is 0 Å². The third-order valence-corrected chi connectivity index (χ3v) is 5.38. The largest absolute Gasteiger partial charge is 0.456 e. The van der Waals surface area contributed by atoms with Crippen molar-refractivity contribution in [3.63, 3.8) is 0 Å². The Bertz CT molecular complexity index is 359. The molecule has 0 atom stereocenters. The topological polar surface area (TPSA) is 26.3 Å². The van der Waals surface area contributed by atoms with Crippen molar-refractivity contribution in [1.29, 1.82) is 0 Å². The molecule has 0 N–H and O–H groups in total. The number of rotatable bonds is 4. The molecule has 2 heteroatoms. The number of allylic oxidation sites excluding steroid dienone is 1. The van der Waals surface area contributed by atoms with Gasteiger partial charge in [0.1, 0.15) is 5.60 Å². The molecule has 4 fully saturated rings.